The van der Waals surface area contributed by atoms with Crippen LogP contribution >= 0.6 is 22.9 Å². The molecule has 1 aliphatic heterocycles. The highest BCUT2D eigenvalue weighted by molar-refractivity contribution is 7.17. The van der Waals surface area contributed by atoms with Crippen molar-refractivity contribution in [2.24, 2.45) is 5.10 Å². The van der Waals surface area contributed by atoms with Gasteiger partial charge in [-0.3, -0.25) is 10.2 Å². The maximum atomic E-state index is 11.3. The second-order valence-electron chi connectivity index (χ2n) is 5.02. The summed E-state index contributed by atoms with van der Waals surface area (Å²) in [7, 11) is 0. The maximum absolute atomic E-state index is 11.3. The first-order chi connectivity index (χ1) is 10.7. The predicted molar refractivity (Wildman–Crippen MR) is 91.5 cm³/mol. The Hall–Kier alpha value is -1.86. The molecule has 8 heteroatoms. The number of hydrogen-bond acceptors (Lipinski definition) is 6. The molecule has 1 aliphatic rings. The Morgan fingerprint density at radius 1 is 1.36 bits per heavy atom. The van der Waals surface area contributed by atoms with Gasteiger partial charge in [0.1, 0.15) is 10.7 Å². The highest BCUT2D eigenvalue weighted by Gasteiger charge is 2.12. The third-order valence-electron chi connectivity index (χ3n) is 3.45. The number of anilines is 2. The van der Waals surface area contributed by atoms with Gasteiger partial charge in [-0.25, -0.2) is 5.10 Å². The first-order valence-corrected chi connectivity index (χ1v) is 8.30. The van der Waals surface area contributed by atoms with Crippen molar-refractivity contribution in [1.29, 1.82) is 0 Å². The van der Waals surface area contributed by atoms with Crippen LogP contribution in [-0.4, -0.2) is 29.5 Å². The van der Waals surface area contributed by atoms with E-state index in [2.05, 4.69) is 31.7 Å². The summed E-state index contributed by atoms with van der Waals surface area (Å²) in [4.78, 5) is 14.8. The van der Waals surface area contributed by atoms with E-state index in [0.29, 0.717) is 5.69 Å². The monoisotopic (exact) mass is 337 g/mol. The molecule has 2 aromatic rings. The topological polar surface area (TPSA) is 73.4 Å². The van der Waals surface area contributed by atoms with Crippen molar-refractivity contribution in [3.05, 3.63) is 38.6 Å². The highest BCUT2D eigenvalue weighted by atomic mass is 35.5. The van der Waals surface area contributed by atoms with Crippen molar-refractivity contribution >= 4 is 39.8 Å². The number of rotatable bonds is 4. The average Bonchev–Trinajstić information content (AvgIpc) is 3.01. The fourth-order valence-corrected chi connectivity index (χ4v) is 3.39. The van der Waals surface area contributed by atoms with E-state index in [1.165, 1.54) is 30.5 Å². The molecular weight excluding hydrogens is 322 g/mol. The van der Waals surface area contributed by atoms with Crippen LogP contribution in [0.3, 0.4) is 0 Å². The smallest absolute Gasteiger partial charge is 0.285 e. The first kappa shape index (κ1) is 15.1. The minimum Gasteiger partial charge on any atom is -0.363 e. The van der Waals surface area contributed by atoms with Crippen LogP contribution in [0.4, 0.5) is 10.7 Å². The lowest BCUT2D eigenvalue weighted by Crippen LogP contribution is -2.28. The number of hydrogen-bond donors (Lipinski definition) is 2. The quantitative estimate of drug-likeness (QED) is 0.664. The molecule has 22 heavy (non-hydrogen) atoms. The van der Waals surface area contributed by atoms with E-state index < -0.39 is 5.56 Å². The molecule has 0 atom stereocenters. The van der Waals surface area contributed by atoms with Crippen molar-refractivity contribution in [3.8, 4) is 0 Å². The van der Waals surface area contributed by atoms with E-state index in [0.717, 1.165) is 18.0 Å². The van der Waals surface area contributed by atoms with E-state index in [1.807, 2.05) is 6.07 Å². The molecule has 0 aromatic carbocycles. The lowest BCUT2D eigenvalue weighted by Gasteiger charge is -2.27. The summed E-state index contributed by atoms with van der Waals surface area (Å²) >= 11 is 7.56. The molecule has 0 unspecified atom stereocenters. The minimum absolute atomic E-state index is 0.0485. The standard InChI is InChI=1S/C14H16ClN5OS/c15-13-11(9-17-19-14(13)21)18-16-8-10-4-5-12(22-10)20-6-2-1-3-7-20/h4-5,8-9H,1-3,6-7H2,(H2,18,19,21)/b16-8-. The first-order valence-electron chi connectivity index (χ1n) is 7.11. The number of hydrazone groups is 1. The zero-order valence-electron chi connectivity index (χ0n) is 11.9. The molecule has 0 amide bonds. The van der Waals surface area contributed by atoms with Gasteiger partial charge in [-0.15, -0.1) is 11.3 Å². The SMILES string of the molecule is O=c1[nH]ncc(N/N=C\c2ccc(N3CCCCC3)s2)c1Cl. The molecule has 2 N–H and O–H groups in total. The number of thiophene rings is 1. The molecule has 0 spiro atoms. The summed E-state index contributed by atoms with van der Waals surface area (Å²) in [6, 6.07) is 4.16. The number of H-pyrrole nitrogens is 1. The molecule has 6 nitrogen and oxygen atoms in total. The number of aromatic amines is 1. The third kappa shape index (κ3) is 3.48. The lowest BCUT2D eigenvalue weighted by molar-refractivity contribution is 0.580. The molecule has 0 radical (unpaired) electrons. The second kappa shape index (κ2) is 6.93. The molecule has 0 bridgehead atoms. The van der Waals surface area contributed by atoms with E-state index >= 15 is 0 Å². The zero-order valence-corrected chi connectivity index (χ0v) is 13.5. The summed E-state index contributed by atoms with van der Waals surface area (Å²) in [5.74, 6) is 0. The van der Waals surface area contributed by atoms with Gasteiger partial charge in [0.15, 0.2) is 0 Å². The van der Waals surface area contributed by atoms with Crippen LogP contribution in [0.1, 0.15) is 24.1 Å². The van der Waals surface area contributed by atoms with Crippen molar-refractivity contribution < 1.29 is 0 Å². The molecule has 1 fully saturated rings. The fraction of sp³-hybridized carbons (Fsp3) is 0.357. The summed E-state index contributed by atoms with van der Waals surface area (Å²) in [6.45, 7) is 2.26. The molecule has 0 aliphatic carbocycles. The van der Waals surface area contributed by atoms with E-state index in [4.69, 9.17) is 11.6 Å². The van der Waals surface area contributed by atoms with Gasteiger partial charge in [0.2, 0.25) is 0 Å². The normalized spacial score (nSPS) is 15.4. The van der Waals surface area contributed by atoms with Crippen LogP contribution in [0.5, 0.6) is 0 Å². The Morgan fingerprint density at radius 3 is 3.00 bits per heavy atom. The minimum atomic E-state index is -0.439. The molecule has 1 saturated heterocycles. The third-order valence-corrected chi connectivity index (χ3v) is 4.91. The Kier molecular flexibility index (Phi) is 4.74. The van der Waals surface area contributed by atoms with Crippen LogP contribution in [0, 0.1) is 0 Å². The van der Waals surface area contributed by atoms with Gasteiger partial charge < -0.3 is 4.90 Å². The van der Waals surface area contributed by atoms with Gasteiger partial charge in [0.25, 0.3) is 5.56 Å². The number of nitrogens with zero attached hydrogens (tertiary/aromatic N) is 3. The largest absolute Gasteiger partial charge is 0.363 e. The van der Waals surface area contributed by atoms with Crippen molar-refractivity contribution in [2.75, 3.05) is 23.4 Å². The van der Waals surface area contributed by atoms with Crippen molar-refractivity contribution in [2.45, 2.75) is 19.3 Å². The zero-order chi connectivity index (χ0) is 15.4. The van der Waals surface area contributed by atoms with Crippen LogP contribution < -0.4 is 15.9 Å². The van der Waals surface area contributed by atoms with Crippen molar-refractivity contribution in [3.63, 3.8) is 0 Å². The van der Waals surface area contributed by atoms with E-state index in [1.54, 1.807) is 17.6 Å². The second-order valence-corrected chi connectivity index (χ2v) is 6.49. The summed E-state index contributed by atoms with van der Waals surface area (Å²) in [5.41, 5.74) is 2.68. The highest BCUT2D eigenvalue weighted by Crippen LogP contribution is 2.27. The van der Waals surface area contributed by atoms with E-state index in [9.17, 15) is 4.79 Å². The molecule has 3 rings (SSSR count). The van der Waals surface area contributed by atoms with Crippen molar-refractivity contribution in [1.82, 2.24) is 10.2 Å². The predicted octanol–water partition coefficient (Wildman–Crippen LogP) is 2.92. The van der Waals surface area contributed by atoms with Crippen LogP contribution in [0.25, 0.3) is 0 Å². The van der Waals surface area contributed by atoms with Gasteiger partial charge in [0, 0.05) is 18.0 Å². The molecule has 116 valence electrons. The maximum Gasteiger partial charge on any atom is 0.285 e. The van der Waals surface area contributed by atoms with Gasteiger partial charge >= 0.3 is 0 Å². The lowest BCUT2D eigenvalue weighted by atomic mass is 10.1. The summed E-state index contributed by atoms with van der Waals surface area (Å²) < 4.78 is 0. The summed E-state index contributed by atoms with van der Waals surface area (Å²) in [5, 5.41) is 11.4. The number of halogens is 1. The molecular formula is C14H16ClN5OS. The Balaban J connectivity index is 1.64. The molecule has 0 saturated carbocycles. The van der Waals surface area contributed by atoms with Crippen LogP contribution in [-0.2, 0) is 0 Å². The van der Waals surface area contributed by atoms with E-state index in [-0.39, 0.29) is 5.02 Å². The number of aromatic nitrogens is 2. The number of piperidine rings is 1. The van der Waals surface area contributed by atoms with Gasteiger partial charge in [-0.05, 0) is 31.4 Å². The Morgan fingerprint density at radius 2 is 2.18 bits per heavy atom. The molecule has 2 aromatic heterocycles. The van der Waals surface area contributed by atoms with Gasteiger partial charge in [-0.2, -0.15) is 10.2 Å². The van der Waals surface area contributed by atoms with Crippen LogP contribution in [0.2, 0.25) is 5.02 Å². The number of nitrogens with one attached hydrogen (secondary N) is 2. The Bertz CT molecular complexity index is 720. The summed E-state index contributed by atoms with van der Waals surface area (Å²) in [6.07, 6.45) is 6.99. The van der Waals surface area contributed by atoms with Gasteiger partial charge in [0.05, 0.1) is 17.4 Å². The molecule has 3 heterocycles. The fourth-order valence-electron chi connectivity index (χ4n) is 2.32. The average molecular weight is 338 g/mol. The van der Waals surface area contributed by atoms with Crippen LogP contribution in [0.15, 0.2) is 28.2 Å². The van der Waals surface area contributed by atoms with Gasteiger partial charge in [-0.1, -0.05) is 11.6 Å². The Labute approximate surface area is 136 Å².